The third-order valence-electron chi connectivity index (χ3n) is 4.10. The summed E-state index contributed by atoms with van der Waals surface area (Å²) in [4.78, 5) is 24.9. The molecule has 0 bridgehead atoms. The van der Waals surface area contributed by atoms with Crippen LogP contribution >= 0.6 is 11.6 Å². The topological polar surface area (TPSA) is 76.1 Å². The number of benzene rings is 2. The zero-order valence-electron chi connectivity index (χ0n) is 15.1. The van der Waals surface area contributed by atoms with Crippen molar-refractivity contribution >= 4 is 23.5 Å². The average molecular weight is 386 g/mol. The molecule has 0 radical (unpaired) electrons. The van der Waals surface area contributed by atoms with Gasteiger partial charge in [0.1, 0.15) is 5.82 Å². The Morgan fingerprint density at radius 3 is 2.63 bits per heavy atom. The highest BCUT2D eigenvalue weighted by atomic mass is 35.5. The highest BCUT2D eigenvalue weighted by Gasteiger charge is 2.18. The smallest absolute Gasteiger partial charge is 0.412 e. The molecule has 0 aliphatic carbocycles. The van der Waals surface area contributed by atoms with E-state index in [1.54, 1.807) is 6.92 Å². The molecule has 6 nitrogen and oxygen atoms in total. The second-order valence-electron chi connectivity index (χ2n) is 6.05. The number of hydrogen-bond donors (Lipinski definition) is 2. The van der Waals surface area contributed by atoms with E-state index in [-0.39, 0.29) is 12.2 Å². The molecule has 0 unspecified atom stereocenters. The fourth-order valence-corrected chi connectivity index (χ4v) is 2.95. The summed E-state index contributed by atoms with van der Waals surface area (Å²) in [6.07, 6.45) is -0.624. The number of carbonyl (C=O) groups is 1. The summed E-state index contributed by atoms with van der Waals surface area (Å²) in [5.41, 5.74) is 2.67. The van der Waals surface area contributed by atoms with Gasteiger partial charge >= 0.3 is 6.09 Å². The number of ether oxygens (including phenoxy) is 1. The number of aromatic nitrogens is 2. The number of aromatic amines is 1. The second kappa shape index (κ2) is 8.14. The van der Waals surface area contributed by atoms with Crippen molar-refractivity contribution in [1.29, 1.82) is 0 Å². The van der Waals surface area contributed by atoms with Gasteiger partial charge in [-0.1, -0.05) is 54.1 Å². The van der Waals surface area contributed by atoms with Crippen LogP contribution in [0, 0.1) is 6.92 Å². The first-order valence-electron chi connectivity index (χ1n) is 8.56. The lowest BCUT2D eigenvalue weighted by atomic mass is 10.1. The van der Waals surface area contributed by atoms with Crippen LogP contribution in [0.1, 0.15) is 18.1 Å². The Labute approximate surface area is 161 Å². The lowest BCUT2D eigenvalue weighted by Crippen LogP contribution is -2.18. The van der Waals surface area contributed by atoms with Gasteiger partial charge in [-0.05, 0) is 36.6 Å². The van der Waals surface area contributed by atoms with Crippen LogP contribution in [0.4, 0.5) is 10.6 Å². The van der Waals surface area contributed by atoms with E-state index >= 15 is 0 Å². The molecule has 27 heavy (non-hydrogen) atoms. The van der Waals surface area contributed by atoms with E-state index in [1.165, 1.54) is 4.68 Å². The zero-order chi connectivity index (χ0) is 19.4. The lowest BCUT2D eigenvalue weighted by Gasteiger charge is -2.06. The fourth-order valence-electron chi connectivity index (χ4n) is 2.74. The molecule has 0 atom stereocenters. The summed E-state index contributed by atoms with van der Waals surface area (Å²) in [6.45, 7) is 4.16. The number of amides is 1. The SMILES string of the molecule is CCOC(=O)Nc1[nH]n(Cc2ccc(C)c(Cl)c2)c(=O)c1-c1ccccc1. The minimum atomic E-state index is -0.624. The first kappa shape index (κ1) is 18.8. The standard InChI is InChI=1S/C20H20ClN3O3/c1-3-27-20(26)22-18-17(15-7-5-4-6-8-15)19(25)24(23-18)12-14-10-9-13(2)16(21)11-14/h4-11,23H,3,12H2,1-2H3,(H,22,26). The summed E-state index contributed by atoms with van der Waals surface area (Å²) in [7, 11) is 0. The molecule has 3 rings (SSSR count). The van der Waals surface area contributed by atoms with Crippen LogP contribution < -0.4 is 10.9 Å². The Hall–Kier alpha value is -2.99. The van der Waals surface area contributed by atoms with Crippen LogP contribution in [0.15, 0.2) is 53.3 Å². The van der Waals surface area contributed by atoms with E-state index in [0.717, 1.165) is 11.1 Å². The Balaban J connectivity index is 2.02. The van der Waals surface area contributed by atoms with Crippen molar-refractivity contribution < 1.29 is 9.53 Å². The van der Waals surface area contributed by atoms with Crippen molar-refractivity contribution in [1.82, 2.24) is 9.78 Å². The summed E-state index contributed by atoms with van der Waals surface area (Å²) in [6, 6.07) is 14.8. The predicted octanol–water partition coefficient (Wildman–Crippen LogP) is 4.42. The van der Waals surface area contributed by atoms with Gasteiger partial charge in [0.15, 0.2) is 0 Å². The number of nitrogens with zero attached hydrogens (tertiary/aromatic N) is 1. The summed E-state index contributed by atoms with van der Waals surface area (Å²) >= 11 is 6.18. The molecule has 1 aromatic heterocycles. The number of H-pyrrole nitrogens is 1. The van der Waals surface area contributed by atoms with Gasteiger partial charge < -0.3 is 4.74 Å². The molecule has 0 fully saturated rings. The predicted molar refractivity (Wildman–Crippen MR) is 106 cm³/mol. The van der Waals surface area contributed by atoms with Gasteiger partial charge in [-0.3, -0.25) is 15.2 Å². The Morgan fingerprint density at radius 1 is 1.22 bits per heavy atom. The average Bonchev–Trinajstić information content (AvgIpc) is 2.94. The van der Waals surface area contributed by atoms with Crippen molar-refractivity contribution in [3.8, 4) is 11.1 Å². The van der Waals surface area contributed by atoms with E-state index in [4.69, 9.17) is 16.3 Å². The van der Waals surface area contributed by atoms with Crippen molar-refractivity contribution in [2.75, 3.05) is 11.9 Å². The lowest BCUT2D eigenvalue weighted by molar-refractivity contribution is 0.168. The number of anilines is 1. The van der Waals surface area contributed by atoms with Gasteiger partial charge in [-0.2, -0.15) is 0 Å². The van der Waals surface area contributed by atoms with Gasteiger partial charge in [0.2, 0.25) is 0 Å². The first-order chi connectivity index (χ1) is 13.0. The van der Waals surface area contributed by atoms with E-state index in [0.29, 0.717) is 28.5 Å². The van der Waals surface area contributed by atoms with Gasteiger partial charge in [-0.15, -0.1) is 0 Å². The summed E-state index contributed by atoms with van der Waals surface area (Å²) in [5, 5.41) is 6.22. The van der Waals surface area contributed by atoms with Crippen LogP contribution in [-0.2, 0) is 11.3 Å². The van der Waals surface area contributed by atoms with Crippen molar-refractivity contribution in [3.63, 3.8) is 0 Å². The molecule has 1 amide bonds. The maximum atomic E-state index is 13.0. The number of aryl methyl sites for hydroxylation is 1. The third kappa shape index (κ3) is 4.23. The molecule has 7 heteroatoms. The molecular formula is C20H20ClN3O3. The van der Waals surface area contributed by atoms with Crippen molar-refractivity contribution in [2.24, 2.45) is 0 Å². The van der Waals surface area contributed by atoms with Crippen LogP contribution in [0.3, 0.4) is 0 Å². The molecule has 140 valence electrons. The summed E-state index contributed by atoms with van der Waals surface area (Å²) in [5.74, 6) is 0.294. The molecule has 2 aromatic carbocycles. The monoisotopic (exact) mass is 385 g/mol. The van der Waals surface area contributed by atoms with E-state index in [2.05, 4.69) is 10.4 Å². The van der Waals surface area contributed by atoms with Gasteiger partial charge in [0.25, 0.3) is 5.56 Å². The largest absolute Gasteiger partial charge is 0.450 e. The van der Waals surface area contributed by atoms with E-state index < -0.39 is 6.09 Å². The number of carbonyl (C=O) groups excluding carboxylic acids is 1. The Bertz CT molecular complexity index is 1010. The Morgan fingerprint density at radius 2 is 1.96 bits per heavy atom. The van der Waals surface area contributed by atoms with Crippen LogP contribution in [0.5, 0.6) is 0 Å². The maximum absolute atomic E-state index is 13.0. The van der Waals surface area contributed by atoms with Gasteiger partial charge in [0, 0.05) is 5.02 Å². The third-order valence-corrected chi connectivity index (χ3v) is 4.50. The highest BCUT2D eigenvalue weighted by molar-refractivity contribution is 6.31. The first-order valence-corrected chi connectivity index (χ1v) is 8.94. The van der Waals surface area contributed by atoms with E-state index in [1.807, 2.05) is 55.5 Å². The molecular weight excluding hydrogens is 366 g/mol. The molecule has 0 saturated heterocycles. The minimum Gasteiger partial charge on any atom is -0.450 e. The number of rotatable bonds is 5. The van der Waals surface area contributed by atoms with E-state index in [9.17, 15) is 9.59 Å². The number of hydrogen-bond acceptors (Lipinski definition) is 3. The van der Waals surface area contributed by atoms with Crippen LogP contribution in [0.25, 0.3) is 11.1 Å². The van der Waals surface area contributed by atoms with Crippen molar-refractivity contribution in [2.45, 2.75) is 20.4 Å². The molecule has 2 N–H and O–H groups in total. The van der Waals surface area contributed by atoms with Gasteiger partial charge in [0.05, 0.1) is 18.7 Å². The number of halogens is 1. The zero-order valence-corrected chi connectivity index (χ0v) is 15.8. The van der Waals surface area contributed by atoms with Crippen LogP contribution in [-0.4, -0.2) is 22.5 Å². The van der Waals surface area contributed by atoms with Gasteiger partial charge in [-0.25, -0.2) is 9.48 Å². The summed E-state index contributed by atoms with van der Waals surface area (Å²) < 4.78 is 6.37. The minimum absolute atomic E-state index is 0.235. The molecule has 0 saturated carbocycles. The highest BCUT2D eigenvalue weighted by Crippen LogP contribution is 2.24. The Kier molecular flexibility index (Phi) is 5.66. The molecule has 0 spiro atoms. The molecule has 0 aliphatic rings. The fraction of sp³-hybridized carbons (Fsp3) is 0.200. The molecule has 3 aromatic rings. The maximum Gasteiger partial charge on any atom is 0.412 e. The number of nitrogens with one attached hydrogen (secondary N) is 2. The second-order valence-corrected chi connectivity index (χ2v) is 6.46. The normalized spacial score (nSPS) is 10.6. The van der Waals surface area contributed by atoms with Crippen LogP contribution in [0.2, 0.25) is 5.02 Å². The molecule has 1 heterocycles. The quantitative estimate of drug-likeness (QED) is 0.682. The van der Waals surface area contributed by atoms with Crippen molar-refractivity contribution in [3.05, 3.63) is 75.0 Å². The molecule has 0 aliphatic heterocycles.